The van der Waals surface area contributed by atoms with Crippen LogP contribution in [-0.4, -0.2) is 61.4 Å². The third-order valence-electron chi connectivity index (χ3n) is 3.92. The van der Waals surface area contributed by atoms with E-state index in [1.54, 1.807) is 12.0 Å². The molecule has 1 N–H and O–H groups in total. The van der Waals surface area contributed by atoms with Crippen LogP contribution < -0.4 is 0 Å². The number of morpholine rings is 1. The second-order valence-electron chi connectivity index (χ2n) is 5.36. The molecular formula is C13H21NO5. The lowest BCUT2D eigenvalue weighted by Gasteiger charge is -2.34. The van der Waals surface area contributed by atoms with Gasteiger partial charge in [0.05, 0.1) is 24.5 Å². The van der Waals surface area contributed by atoms with Gasteiger partial charge in [-0.15, -0.1) is 0 Å². The Kier molecular flexibility index (Phi) is 4.42. The lowest BCUT2D eigenvalue weighted by atomic mass is 10.0. The molecule has 1 aliphatic carbocycles. The van der Waals surface area contributed by atoms with Crippen LogP contribution in [0.2, 0.25) is 0 Å². The first kappa shape index (κ1) is 14.3. The van der Waals surface area contributed by atoms with Crippen molar-refractivity contribution in [2.75, 3.05) is 33.4 Å². The van der Waals surface area contributed by atoms with E-state index in [2.05, 4.69) is 0 Å². The van der Waals surface area contributed by atoms with Crippen molar-refractivity contribution in [2.24, 2.45) is 5.41 Å². The van der Waals surface area contributed by atoms with E-state index in [0.717, 1.165) is 19.3 Å². The van der Waals surface area contributed by atoms with Crippen LogP contribution in [0.1, 0.15) is 25.7 Å². The SMILES string of the molecule is COCCC1(C(=O)N2CCOC(CC(=O)O)C2)CC1. The zero-order valence-electron chi connectivity index (χ0n) is 11.3. The molecule has 1 saturated carbocycles. The number of hydrogen-bond donors (Lipinski definition) is 1. The molecule has 0 radical (unpaired) electrons. The second-order valence-corrected chi connectivity index (χ2v) is 5.36. The van der Waals surface area contributed by atoms with Gasteiger partial charge >= 0.3 is 5.97 Å². The van der Waals surface area contributed by atoms with Crippen LogP contribution in [0.5, 0.6) is 0 Å². The molecule has 6 heteroatoms. The van der Waals surface area contributed by atoms with Crippen LogP contribution in [0.3, 0.4) is 0 Å². The van der Waals surface area contributed by atoms with Crippen molar-refractivity contribution < 1.29 is 24.2 Å². The number of carboxylic acid groups (broad SMARTS) is 1. The van der Waals surface area contributed by atoms with Crippen molar-refractivity contribution in [3.8, 4) is 0 Å². The first-order chi connectivity index (χ1) is 9.07. The van der Waals surface area contributed by atoms with Crippen molar-refractivity contribution in [1.82, 2.24) is 4.90 Å². The highest BCUT2D eigenvalue weighted by Gasteiger charge is 2.51. The molecule has 0 aromatic heterocycles. The van der Waals surface area contributed by atoms with Gasteiger partial charge in [0, 0.05) is 26.8 Å². The zero-order chi connectivity index (χ0) is 13.9. The van der Waals surface area contributed by atoms with Gasteiger partial charge in [-0.25, -0.2) is 0 Å². The molecule has 2 aliphatic rings. The summed E-state index contributed by atoms with van der Waals surface area (Å²) in [5.41, 5.74) is -0.249. The predicted molar refractivity (Wildman–Crippen MR) is 66.7 cm³/mol. The Bertz CT molecular complexity index is 353. The van der Waals surface area contributed by atoms with Crippen LogP contribution in [0.25, 0.3) is 0 Å². The molecule has 0 aromatic carbocycles. The molecule has 2 fully saturated rings. The molecule has 1 amide bonds. The van der Waals surface area contributed by atoms with Crippen molar-refractivity contribution in [1.29, 1.82) is 0 Å². The lowest BCUT2D eigenvalue weighted by Crippen LogP contribution is -2.49. The van der Waals surface area contributed by atoms with Gasteiger partial charge in [0.15, 0.2) is 0 Å². The number of aliphatic carboxylic acids is 1. The second kappa shape index (κ2) is 5.88. The number of methoxy groups -OCH3 is 1. The van der Waals surface area contributed by atoms with Crippen molar-refractivity contribution in [3.05, 3.63) is 0 Å². The molecule has 1 unspecified atom stereocenters. The summed E-state index contributed by atoms with van der Waals surface area (Å²) in [5.74, 6) is -0.747. The van der Waals surface area contributed by atoms with E-state index in [4.69, 9.17) is 14.6 Å². The van der Waals surface area contributed by atoms with Crippen LogP contribution in [-0.2, 0) is 19.1 Å². The van der Waals surface area contributed by atoms with Crippen LogP contribution in [0.15, 0.2) is 0 Å². The maximum atomic E-state index is 12.5. The summed E-state index contributed by atoms with van der Waals surface area (Å²) in [6.45, 7) is 1.96. The summed E-state index contributed by atoms with van der Waals surface area (Å²) < 4.78 is 10.4. The molecule has 19 heavy (non-hydrogen) atoms. The molecule has 6 nitrogen and oxygen atoms in total. The summed E-state index contributed by atoms with van der Waals surface area (Å²) in [6, 6.07) is 0. The Labute approximate surface area is 112 Å². The molecule has 1 heterocycles. The van der Waals surface area contributed by atoms with Gasteiger partial charge in [0.25, 0.3) is 0 Å². The molecule has 1 saturated heterocycles. The molecule has 0 bridgehead atoms. The van der Waals surface area contributed by atoms with Crippen LogP contribution in [0, 0.1) is 5.41 Å². The summed E-state index contributed by atoms with van der Waals surface area (Å²) in [4.78, 5) is 24.9. The number of carbonyl (C=O) groups is 2. The van der Waals surface area contributed by atoms with Crippen molar-refractivity contribution in [2.45, 2.75) is 31.8 Å². The highest BCUT2D eigenvalue weighted by atomic mass is 16.5. The largest absolute Gasteiger partial charge is 0.481 e. The molecule has 1 aliphatic heterocycles. The summed E-state index contributed by atoms with van der Waals surface area (Å²) in [5, 5.41) is 8.78. The molecular weight excluding hydrogens is 250 g/mol. The minimum absolute atomic E-state index is 0.0468. The maximum absolute atomic E-state index is 12.5. The summed E-state index contributed by atoms with van der Waals surface area (Å²) >= 11 is 0. The van der Waals surface area contributed by atoms with E-state index in [0.29, 0.717) is 26.3 Å². The number of carbonyl (C=O) groups excluding carboxylic acids is 1. The fraction of sp³-hybridized carbons (Fsp3) is 0.846. The van der Waals surface area contributed by atoms with Gasteiger partial charge < -0.3 is 19.5 Å². The lowest BCUT2D eigenvalue weighted by molar-refractivity contribution is -0.151. The van der Waals surface area contributed by atoms with E-state index in [1.165, 1.54) is 0 Å². The molecule has 0 aromatic rings. The normalized spacial score (nSPS) is 25.1. The number of ether oxygens (including phenoxy) is 2. The van der Waals surface area contributed by atoms with Gasteiger partial charge in [-0.05, 0) is 19.3 Å². The average molecular weight is 271 g/mol. The average Bonchev–Trinajstić information content (AvgIpc) is 3.16. The van der Waals surface area contributed by atoms with Gasteiger partial charge in [0.1, 0.15) is 0 Å². The quantitative estimate of drug-likeness (QED) is 0.761. The molecule has 0 spiro atoms. The fourth-order valence-corrected chi connectivity index (χ4v) is 2.58. The van der Waals surface area contributed by atoms with Gasteiger partial charge in [-0.1, -0.05) is 0 Å². The maximum Gasteiger partial charge on any atom is 0.306 e. The van der Waals surface area contributed by atoms with Crippen LogP contribution >= 0.6 is 0 Å². The zero-order valence-corrected chi connectivity index (χ0v) is 11.3. The molecule has 108 valence electrons. The van der Waals surface area contributed by atoms with E-state index in [1.807, 2.05) is 0 Å². The minimum Gasteiger partial charge on any atom is -0.481 e. The van der Waals surface area contributed by atoms with E-state index >= 15 is 0 Å². The fourth-order valence-electron chi connectivity index (χ4n) is 2.58. The number of amides is 1. The van der Waals surface area contributed by atoms with Crippen molar-refractivity contribution in [3.63, 3.8) is 0 Å². The Balaban J connectivity index is 1.90. The van der Waals surface area contributed by atoms with E-state index < -0.39 is 5.97 Å². The third kappa shape index (κ3) is 3.45. The third-order valence-corrected chi connectivity index (χ3v) is 3.92. The summed E-state index contributed by atoms with van der Waals surface area (Å²) in [6.07, 6.45) is 2.15. The number of nitrogens with zero attached hydrogens (tertiary/aromatic N) is 1. The highest BCUT2D eigenvalue weighted by molar-refractivity contribution is 5.85. The first-order valence-corrected chi connectivity index (χ1v) is 6.69. The predicted octanol–water partition coefficient (Wildman–Crippen LogP) is 0.505. The van der Waals surface area contributed by atoms with Crippen molar-refractivity contribution >= 4 is 11.9 Å². The van der Waals surface area contributed by atoms with E-state index in [-0.39, 0.29) is 23.8 Å². The Morgan fingerprint density at radius 1 is 1.47 bits per heavy atom. The first-order valence-electron chi connectivity index (χ1n) is 6.69. The summed E-state index contributed by atoms with van der Waals surface area (Å²) in [7, 11) is 1.64. The monoisotopic (exact) mass is 271 g/mol. The Hall–Kier alpha value is -1.14. The standard InChI is InChI=1S/C13H21NO5/c1-18-6-4-13(2-3-13)12(17)14-5-7-19-10(9-14)8-11(15)16/h10H,2-9H2,1H3,(H,15,16). The molecule has 1 atom stereocenters. The smallest absolute Gasteiger partial charge is 0.306 e. The number of rotatable bonds is 6. The van der Waals surface area contributed by atoms with Gasteiger partial charge in [-0.3, -0.25) is 9.59 Å². The van der Waals surface area contributed by atoms with Crippen LogP contribution in [0.4, 0.5) is 0 Å². The molecule has 2 rings (SSSR count). The van der Waals surface area contributed by atoms with E-state index in [9.17, 15) is 9.59 Å². The number of hydrogen-bond acceptors (Lipinski definition) is 4. The number of carboxylic acids is 1. The van der Waals surface area contributed by atoms with Gasteiger partial charge in [-0.2, -0.15) is 0 Å². The minimum atomic E-state index is -0.889. The topological polar surface area (TPSA) is 76.1 Å². The Morgan fingerprint density at radius 3 is 2.79 bits per heavy atom. The highest BCUT2D eigenvalue weighted by Crippen LogP contribution is 2.50. The Morgan fingerprint density at radius 2 is 2.21 bits per heavy atom. The van der Waals surface area contributed by atoms with Gasteiger partial charge in [0.2, 0.25) is 5.91 Å².